The lowest BCUT2D eigenvalue weighted by Gasteiger charge is -2.15. The van der Waals surface area contributed by atoms with Crippen molar-refractivity contribution < 1.29 is 33.3 Å². The Kier molecular flexibility index (Phi) is 6.51. The maximum Gasteiger partial charge on any atom is 0.268 e. The van der Waals surface area contributed by atoms with Gasteiger partial charge in [0, 0.05) is 29.8 Å². The van der Waals surface area contributed by atoms with Crippen LogP contribution in [0.5, 0.6) is 28.7 Å². The third-order valence-electron chi connectivity index (χ3n) is 4.61. The summed E-state index contributed by atoms with van der Waals surface area (Å²) >= 11 is 0. The molecular formula is C21H24N2O7. The van der Waals surface area contributed by atoms with Crippen LogP contribution >= 0.6 is 0 Å². The zero-order valence-electron chi connectivity index (χ0n) is 17.5. The zero-order chi connectivity index (χ0) is 21.7. The molecule has 0 aromatic heterocycles. The smallest absolute Gasteiger partial charge is 0.268 e. The van der Waals surface area contributed by atoms with E-state index >= 15 is 0 Å². The van der Waals surface area contributed by atoms with Crippen LogP contribution in [0.3, 0.4) is 0 Å². The van der Waals surface area contributed by atoms with Crippen LogP contribution in [-0.2, 0) is 9.63 Å². The van der Waals surface area contributed by atoms with Crippen molar-refractivity contribution in [2.75, 3.05) is 40.9 Å². The predicted molar refractivity (Wildman–Crippen MR) is 110 cm³/mol. The van der Waals surface area contributed by atoms with E-state index in [4.69, 9.17) is 28.5 Å². The lowest BCUT2D eigenvalue weighted by molar-refractivity contribution is -0.125. The van der Waals surface area contributed by atoms with Gasteiger partial charge in [-0.1, -0.05) is 5.16 Å². The van der Waals surface area contributed by atoms with E-state index in [-0.39, 0.29) is 12.3 Å². The van der Waals surface area contributed by atoms with Gasteiger partial charge < -0.3 is 33.8 Å². The monoisotopic (exact) mass is 416 g/mol. The minimum Gasteiger partial charge on any atom is -0.497 e. The Morgan fingerprint density at radius 2 is 1.60 bits per heavy atom. The summed E-state index contributed by atoms with van der Waals surface area (Å²) in [4.78, 5) is 18.1. The predicted octanol–water partition coefficient (Wildman–Crippen LogP) is 2.86. The van der Waals surface area contributed by atoms with Gasteiger partial charge in [-0.2, -0.15) is 0 Å². The summed E-state index contributed by atoms with van der Waals surface area (Å²) in [6.07, 6.45) is -0.519. The molecule has 0 radical (unpaired) electrons. The van der Waals surface area contributed by atoms with E-state index in [9.17, 15) is 4.79 Å². The number of oxime groups is 1. The molecule has 30 heavy (non-hydrogen) atoms. The highest BCUT2D eigenvalue weighted by atomic mass is 16.6. The van der Waals surface area contributed by atoms with E-state index in [0.717, 1.165) is 0 Å². The molecule has 1 heterocycles. The molecule has 0 spiro atoms. The Morgan fingerprint density at radius 1 is 0.933 bits per heavy atom. The fourth-order valence-corrected chi connectivity index (χ4v) is 3.09. The molecule has 160 valence electrons. The molecule has 1 aliphatic heterocycles. The van der Waals surface area contributed by atoms with Gasteiger partial charge in [0.05, 0.1) is 41.3 Å². The van der Waals surface area contributed by atoms with Crippen LogP contribution in [0, 0.1) is 0 Å². The van der Waals surface area contributed by atoms with E-state index in [1.54, 1.807) is 44.6 Å². The molecule has 9 nitrogen and oxygen atoms in total. The molecule has 0 unspecified atom stereocenters. The van der Waals surface area contributed by atoms with Gasteiger partial charge in [0.1, 0.15) is 11.5 Å². The molecule has 0 saturated carbocycles. The first-order valence-corrected chi connectivity index (χ1v) is 9.10. The van der Waals surface area contributed by atoms with Crippen LogP contribution in [0.2, 0.25) is 0 Å². The van der Waals surface area contributed by atoms with Gasteiger partial charge in [-0.3, -0.25) is 4.79 Å². The van der Waals surface area contributed by atoms with Crippen LogP contribution in [0.25, 0.3) is 0 Å². The third-order valence-corrected chi connectivity index (χ3v) is 4.61. The molecule has 9 heteroatoms. The summed E-state index contributed by atoms with van der Waals surface area (Å²) in [5.41, 5.74) is 1.78. The molecule has 2 aromatic carbocycles. The first kappa shape index (κ1) is 21.1. The van der Waals surface area contributed by atoms with E-state index in [1.165, 1.54) is 21.3 Å². The minimum absolute atomic E-state index is 0.278. The largest absolute Gasteiger partial charge is 0.497 e. The molecule has 1 atom stereocenters. The maximum atomic E-state index is 12.7. The average Bonchev–Trinajstić information content (AvgIpc) is 3.28. The minimum atomic E-state index is -0.796. The van der Waals surface area contributed by atoms with Crippen LogP contribution < -0.4 is 29.0 Å². The number of carbonyl (C=O) groups is 1. The number of amides is 1. The number of methoxy groups -OCH3 is 5. The molecule has 0 bridgehead atoms. The zero-order valence-corrected chi connectivity index (χ0v) is 17.5. The highest BCUT2D eigenvalue weighted by Crippen LogP contribution is 2.40. The van der Waals surface area contributed by atoms with Crippen molar-refractivity contribution in [3.63, 3.8) is 0 Å². The second-order valence-corrected chi connectivity index (χ2v) is 6.31. The lowest BCUT2D eigenvalue weighted by Crippen LogP contribution is -2.28. The van der Waals surface area contributed by atoms with Crippen molar-refractivity contribution in [3.8, 4) is 28.7 Å². The summed E-state index contributed by atoms with van der Waals surface area (Å²) in [7, 11) is 7.66. The SMILES string of the molecule is COc1ccc(OC)c(C2=NO[C@@H](C(=O)Nc3cc(OC)c(OC)c(OC)c3)C2)c1. The van der Waals surface area contributed by atoms with Gasteiger partial charge in [-0.05, 0) is 18.2 Å². The van der Waals surface area contributed by atoms with Crippen molar-refractivity contribution in [2.45, 2.75) is 12.5 Å². The standard InChI is InChI=1S/C21H24N2O7/c1-25-13-6-7-16(26-2)14(10-13)15-11-19(30-23-15)21(24)22-12-8-17(27-3)20(29-5)18(9-12)28-4/h6-10,19H,11H2,1-5H3,(H,22,24)/t19-/m1/s1. The van der Waals surface area contributed by atoms with Crippen molar-refractivity contribution in [2.24, 2.45) is 5.16 Å². The third kappa shape index (κ3) is 4.19. The molecule has 1 aliphatic rings. The number of anilines is 1. The lowest BCUT2D eigenvalue weighted by atomic mass is 10.0. The number of carbonyl (C=O) groups excluding carboxylic acids is 1. The quantitative estimate of drug-likeness (QED) is 0.707. The summed E-state index contributed by atoms with van der Waals surface area (Å²) in [6, 6.07) is 8.63. The summed E-state index contributed by atoms with van der Waals surface area (Å²) in [5, 5.41) is 6.88. The Balaban J connectivity index is 1.75. The van der Waals surface area contributed by atoms with E-state index in [1.807, 2.05) is 0 Å². The highest BCUT2D eigenvalue weighted by Gasteiger charge is 2.31. The van der Waals surface area contributed by atoms with E-state index in [0.29, 0.717) is 45.7 Å². The van der Waals surface area contributed by atoms with Gasteiger partial charge in [-0.25, -0.2) is 0 Å². The number of hydrogen-bond donors (Lipinski definition) is 1. The fourth-order valence-electron chi connectivity index (χ4n) is 3.09. The number of ether oxygens (including phenoxy) is 5. The molecule has 0 aliphatic carbocycles. The number of rotatable bonds is 8. The molecule has 1 N–H and O–H groups in total. The van der Waals surface area contributed by atoms with Crippen LogP contribution in [0.15, 0.2) is 35.5 Å². The van der Waals surface area contributed by atoms with E-state index in [2.05, 4.69) is 10.5 Å². The average molecular weight is 416 g/mol. The number of nitrogens with zero attached hydrogens (tertiary/aromatic N) is 1. The fraction of sp³-hybridized carbons (Fsp3) is 0.333. The Morgan fingerprint density at radius 3 is 2.17 bits per heavy atom. The second-order valence-electron chi connectivity index (χ2n) is 6.31. The van der Waals surface area contributed by atoms with Crippen LogP contribution in [0.4, 0.5) is 5.69 Å². The summed E-state index contributed by atoms with van der Waals surface area (Å²) in [6.45, 7) is 0. The van der Waals surface area contributed by atoms with Gasteiger partial charge in [-0.15, -0.1) is 0 Å². The Hall–Kier alpha value is -3.62. The Bertz CT molecular complexity index is 933. The first-order chi connectivity index (χ1) is 14.5. The van der Waals surface area contributed by atoms with E-state index < -0.39 is 6.10 Å². The van der Waals surface area contributed by atoms with Gasteiger partial charge >= 0.3 is 0 Å². The summed E-state index contributed by atoms with van der Waals surface area (Å²) in [5.74, 6) is 2.20. The van der Waals surface area contributed by atoms with Crippen molar-refractivity contribution in [3.05, 3.63) is 35.9 Å². The Labute approximate surface area is 174 Å². The van der Waals surface area contributed by atoms with Crippen molar-refractivity contribution >= 4 is 17.3 Å². The van der Waals surface area contributed by atoms with Crippen LogP contribution in [-0.4, -0.2) is 53.3 Å². The molecule has 0 fully saturated rings. The van der Waals surface area contributed by atoms with Crippen molar-refractivity contribution in [1.82, 2.24) is 0 Å². The normalized spacial score (nSPS) is 15.0. The number of nitrogens with one attached hydrogen (secondary N) is 1. The second kappa shape index (κ2) is 9.25. The van der Waals surface area contributed by atoms with Crippen molar-refractivity contribution in [1.29, 1.82) is 0 Å². The first-order valence-electron chi connectivity index (χ1n) is 9.10. The van der Waals surface area contributed by atoms with Gasteiger partial charge in [0.2, 0.25) is 11.9 Å². The van der Waals surface area contributed by atoms with Crippen LogP contribution in [0.1, 0.15) is 12.0 Å². The molecule has 2 aromatic rings. The number of hydrogen-bond acceptors (Lipinski definition) is 8. The topological polar surface area (TPSA) is 96.8 Å². The number of benzene rings is 2. The van der Waals surface area contributed by atoms with Gasteiger partial charge in [0.15, 0.2) is 11.5 Å². The highest BCUT2D eigenvalue weighted by molar-refractivity contribution is 6.07. The van der Waals surface area contributed by atoms with Gasteiger partial charge in [0.25, 0.3) is 5.91 Å². The molecule has 3 rings (SSSR count). The molecular weight excluding hydrogens is 392 g/mol. The molecule has 0 saturated heterocycles. The maximum absolute atomic E-state index is 12.7. The summed E-state index contributed by atoms with van der Waals surface area (Å²) < 4.78 is 26.6. The molecule has 1 amide bonds.